The predicted octanol–water partition coefficient (Wildman–Crippen LogP) is -0.701. The molecule has 2 fully saturated rings. The van der Waals surface area contributed by atoms with Crippen LogP contribution in [0.5, 0.6) is 0 Å². The lowest BCUT2D eigenvalue weighted by molar-refractivity contribution is -0.0355. The van der Waals surface area contributed by atoms with Crippen LogP contribution in [0, 0.1) is 5.82 Å². The van der Waals surface area contributed by atoms with E-state index in [-0.39, 0.29) is 19.4 Å². The van der Waals surface area contributed by atoms with Crippen LogP contribution in [0.3, 0.4) is 0 Å². The molecule has 0 spiro atoms. The SMILES string of the molecule is CN[C@H]1C[C@@H](O)C(COP(O)(=S)OC[C@@H]2CC[C@H](n3cc(F)c(=O)[nH]c3=O)O2)O1. The first-order valence-electron chi connectivity index (χ1n) is 8.97. The zero-order chi connectivity index (χ0) is 21.2. The van der Waals surface area contributed by atoms with Gasteiger partial charge in [-0.15, -0.1) is 0 Å². The van der Waals surface area contributed by atoms with Gasteiger partial charge in [0.1, 0.15) is 18.6 Å². The summed E-state index contributed by atoms with van der Waals surface area (Å²) in [6.45, 7) is -3.83. The number of nitrogens with zero attached hydrogens (tertiary/aromatic N) is 1. The molecule has 0 aliphatic carbocycles. The molecule has 2 unspecified atom stereocenters. The Morgan fingerprint density at radius 1 is 1.38 bits per heavy atom. The lowest BCUT2D eigenvalue weighted by Gasteiger charge is -2.21. The summed E-state index contributed by atoms with van der Waals surface area (Å²) < 4.78 is 36.0. The third kappa shape index (κ3) is 5.78. The largest absolute Gasteiger partial charge is 0.390 e. The van der Waals surface area contributed by atoms with Crippen LogP contribution >= 0.6 is 6.72 Å². The van der Waals surface area contributed by atoms with Gasteiger partial charge < -0.3 is 28.5 Å². The number of ether oxygens (including phenoxy) is 2. The first-order chi connectivity index (χ1) is 13.7. The fourth-order valence-corrected chi connectivity index (χ4v) is 4.27. The molecule has 164 valence electrons. The monoisotopic (exact) mass is 455 g/mol. The van der Waals surface area contributed by atoms with E-state index in [1.54, 1.807) is 7.05 Å². The zero-order valence-electron chi connectivity index (χ0n) is 15.5. The van der Waals surface area contributed by atoms with E-state index in [9.17, 15) is 24.0 Å². The molecule has 14 heteroatoms. The molecular formula is C15H23FN3O8PS. The van der Waals surface area contributed by atoms with E-state index < -0.39 is 48.3 Å². The lowest BCUT2D eigenvalue weighted by Crippen LogP contribution is -2.34. The van der Waals surface area contributed by atoms with Crippen molar-refractivity contribution in [2.75, 3.05) is 20.3 Å². The summed E-state index contributed by atoms with van der Waals surface area (Å²) in [5.41, 5.74) is -1.88. The molecule has 29 heavy (non-hydrogen) atoms. The van der Waals surface area contributed by atoms with E-state index >= 15 is 0 Å². The molecule has 6 atom stereocenters. The molecular weight excluding hydrogens is 432 g/mol. The van der Waals surface area contributed by atoms with Crippen LogP contribution in [0.15, 0.2) is 15.8 Å². The molecule has 1 aromatic heterocycles. The number of hydrogen-bond donors (Lipinski definition) is 4. The summed E-state index contributed by atoms with van der Waals surface area (Å²) in [5, 5.41) is 12.8. The Labute approximate surface area is 170 Å². The van der Waals surface area contributed by atoms with Gasteiger partial charge in [0.15, 0.2) is 0 Å². The fraction of sp³-hybridized carbons (Fsp3) is 0.733. The first kappa shape index (κ1) is 22.7. The summed E-state index contributed by atoms with van der Waals surface area (Å²) in [4.78, 5) is 35.0. The van der Waals surface area contributed by atoms with E-state index in [0.717, 1.165) is 10.8 Å². The number of aromatic nitrogens is 2. The maximum absolute atomic E-state index is 13.4. The molecule has 0 aromatic carbocycles. The number of rotatable bonds is 8. The summed E-state index contributed by atoms with van der Waals surface area (Å²) >= 11 is 4.95. The second-order valence-corrected chi connectivity index (χ2v) is 9.59. The molecule has 2 saturated heterocycles. The van der Waals surface area contributed by atoms with E-state index in [2.05, 4.69) is 5.32 Å². The van der Waals surface area contributed by atoms with Crippen molar-refractivity contribution in [3.8, 4) is 0 Å². The Morgan fingerprint density at radius 3 is 2.79 bits per heavy atom. The number of halogens is 1. The molecule has 4 N–H and O–H groups in total. The second-order valence-electron chi connectivity index (χ2n) is 6.75. The van der Waals surface area contributed by atoms with Crippen molar-refractivity contribution in [1.29, 1.82) is 0 Å². The Balaban J connectivity index is 1.48. The van der Waals surface area contributed by atoms with E-state index in [1.807, 2.05) is 4.98 Å². The van der Waals surface area contributed by atoms with Crippen molar-refractivity contribution in [1.82, 2.24) is 14.9 Å². The van der Waals surface area contributed by atoms with Crippen LogP contribution in [0.1, 0.15) is 25.5 Å². The van der Waals surface area contributed by atoms with Crippen LogP contribution in [-0.4, -0.2) is 64.4 Å². The summed E-state index contributed by atoms with van der Waals surface area (Å²) in [6, 6.07) is 0. The minimum Gasteiger partial charge on any atom is -0.390 e. The first-order valence-corrected chi connectivity index (χ1v) is 11.6. The highest BCUT2D eigenvalue weighted by atomic mass is 32.5. The van der Waals surface area contributed by atoms with Gasteiger partial charge in [-0.05, 0) is 31.7 Å². The molecule has 0 radical (unpaired) electrons. The highest BCUT2D eigenvalue weighted by Crippen LogP contribution is 2.45. The number of aromatic amines is 1. The molecule has 2 aliphatic rings. The Hall–Kier alpha value is -1.02. The average Bonchev–Trinajstić information content (AvgIpc) is 3.28. The maximum atomic E-state index is 13.4. The number of H-pyrrole nitrogens is 1. The summed E-state index contributed by atoms with van der Waals surface area (Å²) in [5.74, 6) is -1.09. The van der Waals surface area contributed by atoms with Gasteiger partial charge >= 0.3 is 12.4 Å². The normalized spacial score (nSPS) is 31.8. The topological polar surface area (TPSA) is 144 Å². The van der Waals surface area contributed by atoms with Crippen LogP contribution in [-0.2, 0) is 30.3 Å². The van der Waals surface area contributed by atoms with Gasteiger partial charge in [-0.1, -0.05) is 0 Å². The number of aliphatic hydroxyl groups excluding tert-OH is 1. The van der Waals surface area contributed by atoms with Gasteiger partial charge in [0, 0.05) is 6.42 Å². The van der Waals surface area contributed by atoms with Gasteiger partial charge in [-0.3, -0.25) is 19.7 Å². The van der Waals surface area contributed by atoms with Crippen LogP contribution < -0.4 is 16.6 Å². The molecule has 0 amide bonds. The second kappa shape index (κ2) is 9.41. The highest BCUT2D eigenvalue weighted by Gasteiger charge is 2.35. The van der Waals surface area contributed by atoms with Crippen LogP contribution in [0.4, 0.5) is 4.39 Å². The highest BCUT2D eigenvalue weighted by molar-refractivity contribution is 8.07. The third-order valence-corrected chi connectivity index (χ3v) is 6.27. The van der Waals surface area contributed by atoms with Gasteiger partial charge in [-0.2, -0.15) is 4.39 Å². The number of nitrogens with one attached hydrogen (secondary N) is 2. The zero-order valence-corrected chi connectivity index (χ0v) is 17.2. The van der Waals surface area contributed by atoms with Crippen LogP contribution in [0.2, 0.25) is 0 Å². The van der Waals surface area contributed by atoms with E-state index in [4.69, 9.17) is 30.3 Å². The maximum Gasteiger partial charge on any atom is 0.330 e. The van der Waals surface area contributed by atoms with Crippen LogP contribution in [0.25, 0.3) is 0 Å². The Morgan fingerprint density at radius 2 is 2.10 bits per heavy atom. The minimum atomic E-state index is -3.60. The fourth-order valence-electron chi connectivity index (χ4n) is 3.14. The van der Waals surface area contributed by atoms with Crippen molar-refractivity contribution >= 4 is 18.5 Å². The quantitative estimate of drug-likeness (QED) is 0.371. The third-order valence-electron chi connectivity index (χ3n) is 4.69. The van der Waals surface area contributed by atoms with Crippen molar-refractivity contribution in [3.63, 3.8) is 0 Å². The van der Waals surface area contributed by atoms with Crippen molar-refractivity contribution < 1.29 is 32.9 Å². The van der Waals surface area contributed by atoms with E-state index in [0.29, 0.717) is 19.3 Å². The summed E-state index contributed by atoms with van der Waals surface area (Å²) in [7, 11) is 1.70. The number of hydrogen-bond acceptors (Lipinski definition) is 9. The van der Waals surface area contributed by atoms with Gasteiger partial charge in [0.05, 0.1) is 31.6 Å². The van der Waals surface area contributed by atoms with E-state index in [1.165, 1.54) is 0 Å². The minimum absolute atomic E-state index is 0.0991. The smallest absolute Gasteiger partial charge is 0.330 e. The number of aliphatic hydroxyl groups is 1. The lowest BCUT2D eigenvalue weighted by atomic mass is 10.2. The Kier molecular flexibility index (Phi) is 7.36. The van der Waals surface area contributed by atoms with Crippen molar-refractivity contribution in [2.45, 2.75) is 50.0 Å². The Bertz CT molecular complexity index is 882. The standard InChI is InChI=1S/C15H23FN3O8PS/c1-17-12-4-10(20)11(27-12)7-25-28(23,29)24-6-8-2-3-13(26-8)19-5-9(16)14(21)18-15(19)22/h5,8,10-13,17,20H,2-4,6-7H2,1H3,(H,23,29)(H,18,21,22)/t8-,10+,11?,12+,13+,28?/m0/s1. The van der Waals surface area contributed by atoms with Gasteiger partial charge in [0.25, 0.3) is 5.56 Å². The molecule has 3 rings (SSSR count). The van der Waals surface area contributed by atoms with Gasteiger partial charge in [0.2, 0.25) is 5.82 Å². The predicted molar refractivity (Wildman–Crippen MR) is 101 cm³/mol. The molecule has 2 aliphatic heterocycles. The average molecular weight is 455 g/mol. The molecule has 0 bridgehead atoms. The van der Waals surface area contributed by atoms with Gasteiger partial charge in [-0.25, -0.2) is 4.79 Å². The molecule has 1 aromatic rings. The molecule has 3 heterocycles. The molecule has 11 nitrogen and oxygen atoms in total. The van der Waals surface area contributed by atoms with Crippen molar-refractivity contribution in [3.05, 3.63) is 32.9 Å². The van der Waals surface area contributed by atoms with Crippen molar-refractivity contribution in [2.24, 2.45) is 0 Å². The summed E-state index contributed by atoms with van der Waals surface area (Å²) in [6.07, 6.45) is -0.967. The molecule has 0 saturated carbocycles.